The van der Waals surface area contributed by atoms with Crippen LogP contribution in [0.3, 0.4) is 0 Å². The standard InChI is InChI=1S/C13H10Cl2FNOS/c14-9-5-4-8(6-11(9)16)7-19(18)13-10(15)2-1-3-12(13)17/h1-6H,7,17H2. The highest BCUT2D eigenvalue weighted by molar-refractivity contribution is 7.84. The quantitative estimate of drug-likeness (QED) is 0.869. The van der Waals surface area contributed by atoms with Gasteiger partial charge in [-0.2, -0.15) is 0 Å². The maximum absolute atomic E-state index is 13.3. The molecular formula is C13H10Cl2FNOS. The molecule has 19 heavy (non-hydrogen) atoms. The fourth-order valence-electron chi connectivity index (χ4n) is 1.62. The molecule has 0 saturated carbocycles. The Bertz CT molecular complexity index is 628. The van der Waals surface area contributed by atoms with Crippen LogP contribution < -0.4 is 5.73 Å². The van der Waals surface area contributed by atoms with Gasteiger partial charge in [-0.05, 0) is 29.8 Å². The Morgan fingerprint density at radius 3 is 2.53 bits per heavy atom. The lowest BCUT2D eigenvalue weighted by atomic mass is 10.2. The van der Waals surface area contributed by atoms with Crippen LogP contribution in [0, 0.1) is 5.82 Å². The van der Waals surface area contributed by atoms with Gasteiger partial charge in [0.05, 0.1) is 31.5 Å². The topological polar surface area (TPSA) is 43.1 Å². The number of benzene rings is 2. The lowest BCUT2D eigenvalue weighted by Gasteiger charge is -2.08. The second-order valence-electron chi connectivity index (χ2n) is 3.90. The summed E-state index contributed by atoms with van der Waals surface area (Å²) in [6, 6.07) is 9.23. The van der Waals surface area contributed by atoms with Crippen LogP contribution in [0.4, 0.5) is 10.1 Å². The van der Waals surface area contributed by atoms with Crippen LogP contribution >= 0.6 is 23.2 Å². The Labute approximate surface area is 122 Å². The van der Waals surface area contributed by atoms with Gasteiger partial charge >= 0.3 is 0 Å². The van der Waals surface area contributed by atoms with Gasteiger partial charge in [0.15, 0.2) is 0 Å². The largest absolute Gasteiger partial charge is 0.398 e. The second kappa shape index (κ2) is 5.90. The van der Waals surface area contributed by atoms with Gasteiger partial charge in [-0.3, -0.25) is 4.21 Å². The van der Waals surface area contributed by atoms with Gasteiger partial charge in [0, 0.05) is 5.69 Å². The number of nitrogen functional groups attached to an aromatic ring is 1. The smallest absolute Gasteiger partial charge is 0.142 e. The number of hydrogen-bond donors (Lipinski definition) is 1. The molecule has 100 valence electrons. The molecule has 2 rings (SSSR count). The van der Waals surface area contributed by atoms with E-state index in [4.69, 9.17) is 28.9 Å². The number of hydrogen-bond acceptors (Lipinski definition) is 2. The summed E-state index contributed by atoms with van der Waals surface area (Å²) in [4.78, 5) is 0.375. The molecule has 0 amide bonds. The van der Waals surface area contributed by atoms with Gasteiger partial charge in [0.25, 0.3) is 0 Å². The van der Waals surface area contributed by atoms with E-state index in [-0.39, 0.29) is 10.8 Å². The fourth-order valence-corrected chi connectivity index (χ4v) is 3.42. The first-order valence-corrected chi connectivity index (χ1v) is 7.43. The Balaban J connectivity index is 2.28. The van der Waals surface area contributed by atoms with Crippen molar-refractivity contribution < 1.29 is 8.60 Å². The normalized spacial score (nSPS) is 12.4. The summed E-state index contributed by atoms with van der Waals surface area (Å²) >= 11 is 11.6. The summed E-state index contributed by atoms with van der Waals surface area (Å²) in [6.07, 6.45) is 0. The van der Waals surface area contributed by atoms with Crippen molar-refractivity contribution in [2.24, 2.45) is 0 Å². The number of nitrogens with two attached hydrogens (primary N) is 1. The molecule has 6 heteroatoms. The number of halogens is 3. The monoisotopic (exact) mass is 317 g/mol. The van der Waals surface area contributed by atoms with E-state index in [1.54, 1.807) is 24.3 Å². The molecule has 0 aromatic heterocycles. The van der Waals surface area contributed by atoms with Crippen molar-refractivity contribution in [2.75, 3.05) is 5.73 Å². The Morgan fingerprint density at radius 2 is 1.89 bits per heavy atom. The summed E-state index contributed by atoms with van der Waals surface area (Å²) < 4.78 is 25.6. The first-order valence-electron chi connectivity index (χ1n) is 5.35. The minimum Gasteiger partial charge on any atom is -0.398 e. The Hall–Kier alpha value is -1.10. The van der Waals surface area contributed by atoms with Crippen LogP contribution in [-0.4, -0.2) is 4.21 Å². The summed E-state index contributed by atoms with van der Waals surface area (Å²) in [5.41, 5.74) is 6.69. The molecule has 2 nitrogen and oxygen atoms in total. The van der Waals surface area contributed by atoms with Gasteiger partial charge in [0.2, 0.25) is 0 Å². The van der Waals surface area contributed by atoms with Crippen LogP contribution in [0.1, 0.15) is 5.56 Å². The summed E-state index contributed by atoms with van der Waals surface area (Å²) in [5.74, 6) is -0.412. The van der Waals surface area contributed by atoms with Crippen molar-refractivity contribution in [3.63, 3.8) is 0 Å². The van der Waals surface area contributed by atoms with Crippen molar-refractivity contribution in [1.82, 2.24) is 0 Å². The van der Waals surface area contributed by atoms with Crippen LogP contribution in [0.2, 0.25) is 10.0 Å². The van der Waals surface area contributed by atoms with E-state index in [0.717, 1.165) is 0 Å². The van der Waals surface area contributed by atoms with Gasteiger partial charge in [-0.15, -0.1) is 0 Å². The van der Waals surface area contributed by atoms with Crippen molar-refractivity contribution in [2.45, 2.75) is 10.6 Å². The predicted molar refractivity (Wildman–Crippen MR) is 77.4 cm³/mol. The van der Waals surface area contributed by atoms with E-state index in [1.165, 1.54) is 12.1 Å². The van der Waals surface area contributed by atoms with Gasteiger partial charge in [0.1, 0.15) is 5.82 Å². The Morgan fingerprint density at radius 1 is 1.16 bits per heavy atom. The molecule has 0 bridgehead atoms. The number of anilines is 1. The minimum atomic E-state index is -1.44. The molecule has 0 aliphatic carbocycles. The van der Waals surface area contributed by atoms with E-state index in [1.807, 2.05) is 0 Å². The molecule has 1 atom stereocenters. The van der Waals surface area contributed by atoms with Gasteiger partial charge < -0.3 is 5.73 Å². The molecule has 2 aromatic carbocycles. The molecule has 0 spiro atoms. The molecule has 1 unspecified atom stereocenters. The highest BCUT2D eigenvalue weighted by atomic mass is 35.5. The van der Waals surface area contributed by atoms with Gasteiger partial charge in [-0.25, -0.2) is 4.39 Å². The number of rotatable bonds is 3. The average molecular weight is 318 g/mol. The first kappa shape index (κ1) is 14.3. The minimum absolute atomic E-state index is 0.0341. The molecule has 0 saturated heterocycles. The summed E-state index contributed by atoms with van der Waals surface area (Å²) in [5, 5.41) is 0.375. The highest BCUT2D eigenvalue weighted by Crippen LogP contribution is 2.27. The molecule has 0 fully saturated rings. The van der Waals surface area contributed by atoms with Crippen LogP contribution in [-0.2, 0) is 16.6 Å². The fraction of sp³-hybridized carbons (Fsp3) is 0.0769. The lowest BCUT2D eigenvalue weighted by Crippen LogP contribution is -2.02. The first-order chi connectivity index (χ1) is 8.99. The van der Waals surface area contributed by atoms with E-state index in [0.29, 0.717) is 21.2 Å². The predicted octanol–water partition coefficient (Wildman–Crippen LogP) is 4.02. The van der Waals surface area contributed by atoms with Crippen molar-refractivity contribution in [1.29, 1.82) is 0 Å². The van der Waals surface area contributed by atoms with E-state index < -0.39 is 16.6 Å². The Kier molecular flexibility index (Phi) is 4.45. The maximum atomic E-state index is 13.3. The molecule has 2 aromatic rings. The van der Waals surface area contributed by atoms with Crippen LogP contribution in [0.25, 0.3) is 0 Å². The maximum Gasteiger partial charge on any atom is 0.142 e. The van der Waals surface area contributed by atoms with E-state index in [9.17, 15) is 8.60 Å². The van der Waals surface area contributed by atoms with E-state index >= 15 is 0 Å². The molecule has 0 aliphatic rings. The van der Waals surface area contributed by atoms with Crippen LogP contribution in [0.5, 0.6) is 0 Å². The highest BCUT2D eigenvalue weighted by Gasteiger charge is 2.13. The van der Waals surface area contributed by atoms with Gasteiger partial charge in [-0.1, -0.05) is 35.3 Å². The third-order valence-electron chi connectivity index (χ3n) is 2.51. The zero-order valence-corrected chi connectivity index (χ0v) is 12.0. The molecular weight excluding hydrogens is 308 g/mol. The summed E-state index contributed by atoms with van der Waals surface area (Å²) in [7, 11) is -1.44. The van der Waals surface area contributed by atoms with Crippen LogP contribution in [0.15, 0.2) is 41.3 Å². The van der Waals surface area contributed by atoms with E-state index in [2.05, 4.69) is 0 Å². The SMILES string of the molecule is Nc1cccc(Cl)c1S(=O)Cc1ccc(Cl)c(F)c1. The van der Waals surface area contributed by atoms with Crippen molar-refractivity contribution in [3.8, 4) is 0 Å². The van der Waals surface area contributed by atoms with Crippen molar-refractivity contribution in [3.05, 3.63) is 57.8 Å². The third-order valence-corrected chi connectivity index (χ3v) is 4.75. The zero-order valence-electron chi connectivity index (χ0n) is 9.70. The molecule has 0 aliphatic heterocycles. The zero-order chi connectivity index (χ0) is 14.0. The summed E-state index contributed by atoms with van der Waals surface area (Å²) in [6.45, 7) is 0. The molecule has 0 radical (unpaired) electrons. The third kappa shape index (κ3) is 3.26. The molecule has 0 heterocycles. The lowest BCUT2D eigenvalue weighted by molar-refractivity contribution is 0.626. The second-order valence-corrected chi connectivity index (χ2v) is 6.10. The average Bonchev–Trinajstić information content (AvgIpc) is 2.33. The van der Waals surface area contributed by atoms with Crippen molar-refractivity contribution >= 4 is 39.7 Å². The molecule has 2 N–H and O–H groups in total.